The van der Waals surface area contributed by atoms with Gasteiger partial charge in [-0.15, -0.1) is 0 Å². The molecule has 3 saturated heterocycles. The van der Waals surface area contributed by atoms with E-state index in [1.807, 2.05) is 38.1 Å². The number of anilines is 4. The van der Waals surface area contributed by atoms with Crippen LogP contribution >= 0.6 is 22.9 Å². The number of carbonyl (C=O) groups excluding carboxylic acids is 4. The average Bonchev–Trinajstić information content (AvgIpc) is 3.77. The van der Waals surface area contributed by atoms with Crippen molar-refractivity contribution in [1.82, 2.24) is 35.0 Å². The van der Waals surface area contributed by atoms with Crippen LogP contribution in [0.4, 0.5) is 26.8 Å². The van der Waals surface area contributed by atoms with Gasteiger partial charge in [0.1, 0.15) is 34.2 Å². The monoisotopic (exact) mass is 800 g/mol. The Morgan fingerprint density at radius 2 is 1.80 bits per heavy atom. The second-order valence-electron chi connectivity index (χ2n) is 14.7. The van der Waals surface area contributed by atoms with E-state index in [4.69, 9.17) is 16.6 Å². The molecule has 2 aromatic heterocycles. The summed E-state index contributed by atoms with van der Waals surface area (Å²) in [5, 5.41) is 9.45. The van der Waals surface area contributed by atoms with E-state index in [1.165, 1.54) is 28.5 Å². The summed E-state index contributed by atoms with van der Waals surface area (Å²) < 4.78 is 15.3. The average molecular weight is 801 g/mol. The lowest BCUT2D eigenvalue weighted by molar-refractivity contribution is -0.136. The number of piperidine rings is 2. The summed E-state index contributed by atoms with van der Waals surface area (Å²) in [6.45, 7) is 9.70. The summed E-state index contributed by atoms with van der Waals surface area (Å²) in [5.41, 5.74) is 2.87. The van der Waals surface area contributed by atoms with Gasteiger partial charge in [-0.3, -0.25) is 34.3 Å². The molecule has 3 fully saturated rings. The van der Waals surface area contributed by atoms with Gasteiger partial charge in [0.15, 0.2) is 5.13 Å². The number of hydrogen-bond acceptors (Lipinski definition) is 12. The van der Waals surface area contributed by atoms with Crippen molar-refractivity contribution in [1.29, 1.82) is 0 Å². The summed E-state index contributed by atoms with van der Waals surface area (Å²) in [6.07, 6.45) is 3.92. The van der Waals surface area contributed by atoms with Gasteiger partial charge >= 0.3 is 0 Å². The molecule has 1 atom stereocenters. The third kappa shape index (κ3) is 7.96. The van der Waals surface area contributed by atoms with Crippen LogP contribution in [0.25, 0.3) is 0 Å². The van der Waals surface area contributed by atoms with Crippen LogP contribution in [0, 0.1) is 19.7 Å². The Morgan fingerprint density at radius 3 is 2.55 bits per heavy atom. The molecule has 4 aliphatic heterocycles. The van der Waals surface area contributed by atoms with Crippen molar-refractivity contribution in [2.45, 2.75) is 64.7 Å². The van der Waals surface area contributed by atoms with Gasteiger partial charge in [0, 0.05) is 70.9 Å². The molecule has 4 aliphatic rings. The molecule has 4 amide bonds. The van der Waals surface area contributed by atoms with E-state index in [2.05, 4.69) is 40.6 Å². The van der Waals surface area contributed by atoms with Crippen molar-refractivity contribution in [3.8, 4) is 0 Å². The highest BCUT2D eigenvalue weighted by Gasteiger charge is 2.41. The van der Waals surface area contributed by atoms with Crippen molar-refractivity contribution in [2.24, 2.45) is 0 Å². The molecule has 17 heteroatoms. The highest BCUT2D eigenvalue weighted by molar-refractivity contribution is 7.17. The number of thiazole rings is 1. The molecule has 0 spiro atoms. The normalized spacial score (nSPS) is 19.6. The molecular weight excluding hydrogens is 759 g/mol. The largest absolute Gasteiger partial charge is 0.356 e. The zero-order valence-corrected chi connectivity index (χ0v) is 32.7. The molecule has 1 unspecified atom stereocenters. The van der Waals surface area contributed by atoms with E-state index in [1.54, 1.807) is 6.07 Å². The van der Waals surface area contributed by atoms with Crippen LogP contribution < -0.4 is 20.9 Å². The fraction of sp³-hybridized carbons (Fsp3) is 0.410. The van der Waals surface area contributed by atoms with Crippen molar-refractivity contribution >= 4 is 69.0 Å². The third-order valence-corrected chi connectivity index (χ3v) is 12.2. The maximum absolute atomic E-state index is 15.3. The van der Waals surface area contributed by atoms with Crippen LogP contribution in [0.5, 0.6) is 0 Å². The minimum atomic E-state index is -0.772. The molecule has 8 rings (SSSR count). The zero-order chi connectivity index (χ0) is 39.1. The first kappa shape index (κ1) is 37.9. The molecule has 0 bridgehead atoms. The molecule has 4 aromatic rings. The van der Waals surface area contributed by atoms with Crippen molar-refractivity contribution in [3.05, 3.63) is 86.4 Å². The third-order valence-electron chi connectivity index (χ3n) is 11.0. The Kier molecular flexibility index (Phi) is 10.7. The smallest absolute Gasteiger partial charge is 0.267 e. The number of para-hydroxylation sites is 1. The fourth-order valence-electron chi connectivity index (χ4n) is 8.11. The molecule has 2 aromatic carbocycles. The highest BCUT2D eigenvalue weighted by atomic mass is 35.5. The number of imide groups is 1. The summed E-state index contributed by atoms with van der Waals surface area (Å²) in [4.78, 5) is 72.7. The second-order valence-corrected chi connectivity index (χ2v) is 16.2. The van der Waals surface area contributed by atoms with E-state index >= 15 is 4.39 Å². The van der Waals surface area contributed by atoms with Crippen molar-refractivity contribution in [2.75, 3.05) is 54.8 Å². The number of hydrogen-bond donors (Lipinski definition) is 3. The molecule has 292 valence electrons. The molecule has 0 aliphatic carbocycles. The van der Waals surface area contributed by atoms with Gasteiger partial charge in [-0.05, 0) is 61.9 Å². The van der Waals surface area contributed by atoms with Crippen LogP contribution in [-0.4, -0.2) is 105 Å². The van der Waals surface area contributed by atoms with Crippen LogP contribution in [0.15, 0.2) is 42.6 Å². The minimum absolute atomic E-state index is 0.0272. The Morgan fingerprint density at radius 1 is 1.02 bits per heavy atom. The Bertz CT molecular complexity index is 2180. The van der Waals surface area contributed by atoms with E-state index in [0.29, 0.717) is 50.5 Å². The van der Waals surface area contributed by atoms with Gasteiger partial charge in [0.2, 0.25) is 11.8 Å². The number of carbonyl (C=O) groups is 4. The maximum atomic E-state index is 15.3. The van der Waals surface area contributed by atoms with Crippen LogP contribution in [0.3, 0.4) is 0 Å². The molecule has 56 heavy (non-hydrogen) atoms. The van der Waals surface area contributed by atoms with E-state index in [0.717, 1.165) is 69.1 Å². The number of aromatic nitrogens is 3. The Balaban J connectivity index is 0.819. The van der Waals surface area contributed by atoms with Crippen LogP contribution in [-0.2, 0) is 22.7 Å². The topological polar surface area (TPSA) is 156 Å². The number of nitrogens with zero attached hydrogens (tertiary/aromatic N) is 7. The lowest BCUT2D eigenvalue weighted by atomic mass is 10.0. The van der Waals surface area contributed by atoms with Crippen molar-refractivity contribution < 1.29 is 23.6 Å². The molecule has 14 nitrogen and oxygen atoms in total. The van der Waals surface area contributed by atoms with Gasteiger partial charge in [-0.2, -0.15) is 0 Å². The lowest BCUT2D eigenvalue weighted by Crippen LogP contribution is -2.53. The van der Waals surface area contributed by atoms with Gasteiger partial charge in [-0.25, -0.2) is 19.3 Å². The fourth-order valence-corrected chi connectivity index (χ4v) is 9.09. The van der Waals surface area contributed by atoms with Crippen LogP contribution in [0.1, 0.15) is 68.2 Å². The standard InChI is InChI=1S/C39H42ClFN10O4S/c1-22-4-3-5-27(40)35(22)47-37(54)30-19-42-39(56-30)45-31-18-32(44-23(2)43-31)50-10-8-26(9-11-50)49-14-12-48(13-15-49)20-24-16-25-21-51(38(55)34(25)28(41)17-24)29-6-7-33(52)46-36(29)53/h3-5,16-19,26,29H,6-15,20-21H2,1-2H3,(H,47,54)(H,46,52,53)(H,42,43,44,45). The molecule has 0 radical (unpaired) electrons. The van der Waals surface area contributed by atoms with Crippen LogP contribution in [0.2, 0.25) is 5.02 Å². The number of aryl methyl sites for hydroxylation is 2. The van der Waals surface area contributed by atoms with E-state index < -0.39 is 23.7 Å². The summed E-state index contributed by atoms with van der Waals surface area (Å²) in [7, 11) is 0. The second kappa shape index (κ2) is 15.8. The van der Waals surface area contributed by atoms with Gasteiger partial charge in [0.25, 0.3) is 11.8 Å². The number of amides is 4. The van der Waals surface area contributed by atoms with E-state index in [-0.39, 0.29) is 36.8 Å². The molecule has 6 heterocycles. The predicted octanol–water partition coefficient (Wildman–Crippen LogP) is 4.89. The molecular formula is C39H42ClFN10O4S. The van der Waals surface area contributed by atoms with Crippen molar-refractivity contribution in [3.63, 3.8) is 0 Å². The molecule has 0 saturated carbocycles. The number of nitrogens with one attached hydrogen (secondary N) is 3. The summed E-state index contributed by atoms with van der Waals surface area (Å²) in [5.74, 6) is -0.122. The maximum Gasteiger partial charge on any atom is 0.267 e. The number of piperazine rings is 1. The van der Waals surface area contributed by atoms with Gasteiger partial charge in [-0.1, -0.05) is 41.1 Å². The molecule has 3 N–H and O–H groups in total. The summed E-state index contributed by atoms with van der Waals surface area (Å²) in [6, 6.07) is 10.4. The highest BCUT2D eigenvalue weighted by Crippen LogP contribution is 2.32. The number of fused-ring (bicyclic) bond motifs is 1. The number of rotatable bonds is 9. The SMILES string of the molecule is Cc1nc(Nc2ncc(C(=O)Nc3c(C)cccc3Cl)s2)cc(N2CCC(N3CCN(Cc4cc(F)c5c(c4)CN(C4CCC(=O)NC4=O)C5=O)CC3)CC2)n1. The van der Waals surface area contributed by atoms with E-state index in [9.17, 15) is 19.2 Å². The lowest BCUT2D eigenvalue weighted by Gasteiger charge is -2.43. The predicted molar refractivity (Wildman–Crippen MR) is 211 cm³/mol. The Labute approximate surface area is 332 Å². The van der Waals surface area contributed by atoms with Gasteiger partial charge < -0.3 is 20.4 Å². The summed E-state index contributed by atoms with van der Waals surface area (Å²) >= 11 is 7.53. The number of benzene rings is 2. The quantitative estimate of drug-likeness (QED) is 0.198. The van der Waals surface area contributed by atoms with Gasteiger partial charge in [0.05, 0.1) is 22.5 Å². The minimum Gasteiger partial charge on any atom is -0.356 e. The first-order valence-corrected chi connectivity index (χ1v) is 20.0. The Hall–Kier alpha value is -5.03. The number of halogens is 2. The zero-order valence-electron chi connectivity index (χ0n) is 31.1. The first-order chi connectivity index (χ1) is 27.0. The first-order valence-electron chi connectivity index (χ1n) is 18.8.